The Balaban J connectivity index is 1.17. The van der Waals surface area contributed by atoms with E-state index >= 15 is 0 Å². The molecule has 0 unspecified atom stereocenters. The molecule has 0 radical (unpaired) electrons. The van der Waals surface area contributed by atoms with Gasteiger partial charge in [-0.3, -0.25) is 0 Å². The van der Waals surface area contributed by atoms with Gasteiger partial charge in [-0.15, -0.1) is 11.3 Å². The molecule has 0 atom stereocenters. The van der Waals surface area contributed by atoms with Gasteiger partial charge in [-0.25, -0.2) is 0 Å². The van der Waals surface area contributed by atoms with E-state index in [1.807, 2.05) is 11.3 Å². The first-order chi connectivity index (χ1) is 20.8. The summed E-state index contributed by atoms with van der Waals surface area (Å²) in [6, 6.07) is 53.2. The Bertz CT molecular complexity index is 2470. The van der Waals surface area contributed by atoms with Crippen molar-refractivity contribution in [2.24, 2.45) is 0 Å². The number of nitrogens with one attached hydrogen (secondary N) is 1. The highest BCUT2D eigenvalue weighted by Crippen LogP contribution is 2.41. The molecule has 0 amide bonds. The molecule has 0 spiro atoms. The van der Waals surface area contributed by atoms with E-state index in [1.165, 1.54) is 86.1 Å². The summed E-state index contributed by atoms with van der Waals surface area (Å²) in [5, 5.41) is 7.72. The van der Waals surface area contributed by atoms with Gasteiger partial charge < -0.3 is 4.98 Å². The van der Waals surface area contributed by atoms with Crippen molar-refractivity contribution in [1.82, 2.24) is 4.98 Å². The molecule has 2 heteroatoms. The van der Waals surface area contributed by atoms with Crippen molar-refractivity contribution in [1.29, 1.82) is 0 Å². The molecule has 196 valence electrons. The quantitative estimate of drug-likeness (QED) is 0.225. The molecule has 0 bridgehead atoms. The van der Waals surface area contributed by atoms with Crippen molar-refractivity contribution < 1.29 is 0 Å². The monoisotopic (exact) mass is 551 g/mol. The Hall–Kier alpha value is -5.18. The van der Waals surface area contributed by atoms with Gasteiger partial charge >= 0.3 is 0 Å². The summed E-state index contributed by atoms with van der Waals surface area (Å²) in [6.07, 6.45) is 0. The van der Waals surface area contributed by atoms with E-state index in [9.17, 15) is 0 Å². The van der Waals surface area contributed by atoms with Crippen LogP contribution >= 0.6 is 11.3 Å². The molecule has 1 nitrogen and oxygen atoms in total. The van der Waals surface area contributed by atoms with Crippen LogP contribution in [-0.2, 0) is 0 Å². The van der Waals surface area contributed by atoms with Crippen LogP contribution in [0.4, 0.5) is 0 Å². The number of thiophene rings is 1. The number of fused-ring (bicyclic) bond motifs is 7. The summed E-state index contributed by atoms with van der Waals surface area (Å²) in [5.41, 5.74) is 9.79. The number of para-hydroxylation sites is 1. The van der Waals surface area contributed by atoms with Gasteiger partial charge in [-0.1, -0.05) is 115 Å². The van der Waals surface area contributed by atoms with Gasteiger partial charge in [0, 0.05) is 42.0 Å². The number of aromatic amines is 1. The second kappa shape index (κ2) is 9.17. The lowest BCUT2D eigenvalue weighted by Gasteiger charge is -2.10. The Morgan fingerprint density at radius 1 is 0.405 bits per heavy atom. The summed E-state index contributed by atoms with van der Waals surface area (Å²) >= 11 is 1.88. The second-order valence-corrected chi connectivity index (χ2v) is 12.1. The van der Waals surface area contributed by atoms with Crippen LogP contribution in [0.3, 0.4) is 0 Å². The van der Waals surface area contributed by atoms with Gasteiger partial charge in [0.15, 0.2) is 0 Å². The second-order valence-electron chi connectivity index (χ2n) is 11.0. The molecule has 0 saturated heterocycles. The van der Waals surface area contributed by atoms with E-state index in [-0.39, 0.29) is 0 Å². The Morgan fingerprint density at radius 2 is 1.00 bits per heavy atom. The zero-order valence-corrected chi connectivity index (χ0v) is 23.6. The fourth-order valence-electron chi connectivity index (χ4n) is 6.56. The van der Waals surface area contributed by atoms with Crippen LogP contribution in [0.2, 0.25) is 0 Å². The number of hydrogen-bond donors (Lipinski definition) is 1. The lowest BCUT2D eigenvalue weighted by atomic mass is 9.95. The largest absolute Gasteiger partial charge is 0.354 e. The van der Waals surface area contributed by atoms with E-state index in [0.717, 1.165) is 0 Å². The first-order valence-electron chi connectivity index (χ1n) is 14.3. The summed E-state index contributed by atoms with van der Waals surface area (Å²) in [5.74, 6) is 0. The van der Waals surface area contributed by atoms with Crippen LogP contribution in [0.25, 0.3) is 86.1 Å². The maximum Gasteiger partial charge on any atom is 0.0544 e. The Morgan fingerprint density at radius 3 is 1.81 bits per heavy atom. The highest BCUT2D eigenvalue weighted by Gasteiger charge is 2.13. The summed E-state index contributed by atoms with van der Waals surface area (Å²) in [7, 11) is 0. The molecule has 7 aromatic carbocycles. The van der Waals surface area contributed by atoms with Crippen LogP contribution in [0.1, 0.15) is 0 Å². The maximum atomic E-state index is 3.76. The molecule has 0 fully saturated rings. The standard InChI is InChI=1S/C40H25NS/c1-2-10-28-24-37-36(23-27(28)9-1)34-18-7-16-31(39(34)41-37)29-13-5-11-25(21-29)26-12-6-14-30(22-26)32-17-8-19-35-33-15-3-4-20-38(33)42-40(32)35/h1-24,41H. The third kappa shape index (κ3) is 3.62. The molecule has 9 rings (SSSR count). The smallest absolute Gasteiger partial charge is 0.0544 e. The number of aromatic nitrogens is 1. The molecule has 0 aliphatic heterocycles. The van der Waals surface area contributed by atoms with Gasteiger partial charge in [0.2, 0.25) is 0 Å². The number of H-pyrrole nitrogens is 1. The summed E-state index contributed by atoms with van der Waals surface area (Å²) in [6.45, 7) is 0. The van der Waals surface area contributed by atoms with Crippen LogP contribution in [0.15, 0.2) is 146 Å². The lowest BCUT2D eigenvalue weighted by Crippen LogP contribution is -1.85. The molecule has 0 aliphatic rings. The number of rotatable bonds is 3. The maximum absolute atomic E-state index is 3.76. The fraction of sp³-hybridized carbons (Fsp3) is 0. The van der Waals surface area contributed by atoms with Crippen LogP contribution in [0.5, 0.6) is 0 Å². The van der Waals surface area contributed by atoms with Gasteiger partial charge in [0.25, 0.3) is 0 Å². The van der Waals surface area contributed by atoms with E-state index in [2.05, 4.69) is 151 Å². The molecule has 9 aromatic rings. The first-order valence-corrected chi connectivity index (χ1v) is 15.2. The average molecular weight is 552 g/mol. The normalized spacial score (nSPS) is 11.8. The van der Waals surface area contributed by atoms with Gasteiger partial charge in [-0.2, -0.15) is 0 Å². The zero-order chi connectivity index (χ0) is 27.6. The number of benzene rings is 7. The topological polar surface area (TPSA) is 15.8 Å². The predicted octanol–water partition coefficient (Wildman–Crippen LogP) is 11.8. The molecular formula is C40H25NS. The van der Waals surface area contributed by atoms with Gasteiger partial charge in [0.1, 0.15) is 0 Å². The van der Waals surface area contributed by atoms with E-state index in [0.29, 0.717) is 0 Å². The van der Waals surface area contributed by atoms with Crippen molar-refractivity contribution in [2.75, 3.05) is 0 Å². The van der Waals surface area contributed by atoms with E-state index in [4.69, 9.17) is 0 Å². The number of hydrogen-bond acceptors (Lipinski definition) is 1. The Labute approximate surface area is 247 Å². The van der Waals surface area contributed by atoms with Crippen molar-refractivity contribution in [3.63, 3.8) is 0 Å². The molecular weight excluding hydrogens is 527 g/mol. The fourth-order valence-corrected chi connectivity index (χ4v) is 7.80. The highest BCUT2D eigenvalue weighted by molar-refractivity contribution is 7.26. The molecule has 1 N–H and O–H groups in total. The molecule has 2 heterocycles. The van der Waals surface area contributed by atoms with Gasteiger partial charge in [-0.05, 0) is 68.9 Å². The predicted molar refractivity (Wildman–Crippen MR) is 183 cm³/mol. The summed E-state index contributed by atoms with van der Waals surface area (Å²) < 4.78 is 2.69. The van der Waals surface area contributed by atoms with Crippen molar-refractivity contribution in [3.8, 4) is 33.4 Å². The molecule has 0 saturated carbocycles. The molecule has 42 heavy (non-hydrogen) atoms. The highest BCUT2D eigenvalue weighted by atomic mass is 32.1. The first kappa shape index (κ1) is 23.5. The average Bonchev–Trinajstić information content (AvgIpc) is 3.62. The molecule has 0 aliphatic carbocycles. The van der Waals surface area contributed by atoms with E-state index in [1.54, 1.807) is 0 Å². The van der Waals surface area contributed by atoms with Crippen molar-refractivity contribution in [2.45, 2.75) is 0 Å². The third-order valence-corrected chi connectivity index (χ3v) is 9.80. The zero-order valence-electron chi connectivity index (χ0n) is 22.8. The van der Waals surface area contributed by atoms with Crippen LogP contribution in [0, 0.1) is 0 Å². The Kier molecular flexibility index (Phi) is 5.13. The van der Waals surface area contributed by atoms with E-state index < -0.39 is 0 Å². The minimum atomic E-state index is 1.18. The SMILES string of the molecule is c1cc(-c2cccc(-c3cccc4c3sc3ccccc34)c2)cc(-c2cccc3c2[nH]c2cc4ccccc4cc23)c1. The minimum absolute atomic E-state index is 1.18. The lowest BCUT2D eigenvalue weighted by molar-refractivity contribution is 1.54. The van der Waals surface area contributed by atoms with Crippen LogP contribution in [-0.4, -0.2) is 4.98 Å². The van der Waals surface area contributed by atoms with Crippen molar-refractivity contribution >= 4 is 64.1 Å². The van der Waals surface area contributed by atoms with Crippen LogP contribution < -0.4 is 0 Å². The van der Waals surface area contributed by atoms with Crippen molar-refractivity contribution in [3.05, 3.63) is 146 Å². The minimum Gasteiger partial charge on any atom is -0.354 e. The summed E-state index contributed by atoms with van der Waals surface area (Å²) in [4.78, 5) is 3.76. The van der Waals surface area contributed by atoms with Gasteiger partial charge in [0.05, 0.1) is 5.52 Å². The molecule has 2 aromatic heterocycles. The third-order valence-electron chi connectivity index (χ3n) is 8.58.